The molecule has 1 heterocycles. The summed E-state index contributed by atoms with van der Waals surface area (Å²) in [4.78, 5) is 0. The summed E-state index contributed by atoms with van der Waals surface area (Å²) in [5, 5.41) is 21.9. The minimum absolute atomic E-state index is 0.433. The smallest absolute Gasteiger partial charge is 0.338 e. The first-order valence-electron chi connectivity index (χ1n) is 8.65. The first kappa shape index (κ1) is 18.4. The topological polar surface area (TPSA) is 61.6 Å². The summed E-state index contributed by atoms with van der Waals surface area (Å²) in [6, 6.07) is 19.8. The van der Waals surface area contributed by atoms with Crippen molar-refractivity contribution in [3.05, 3.63) is 84.1 Å². The Morgan fingerprint density at radius 1 is 0.931 bits per heavy atom. The third kappa shape index (κ3) is 3.73. The predicted octanol–water partition coefficient (Wildman–Crippen LogP) is 5.93. The van der Waals surface area contributed by atoms with Crippen molar-refractivity contribution in [3.8, 4) is 17.2 Å². The lowest BCUT2D eigenvalue weighted by Gasteiger charge is -2.11. The molecule has 0 bridgehead atoms. The van der Waals surface area contributed by atoms with E-state index in [2.05, 4.69) is 21.6 Å². The van der Waals surface area contributed by atoms with Crippen LogP contribution in [0.2, 0.25) is 0 Å². The summed E-state index contributed by atoms with van der Waals surface area (Å²) in [7, 11) is 0. The second-order valence-electron chi connectivity index (χ2n) is 6.35. The van der Waals surface area contributed by atoms with Gasteiger partial charge in [0.1, 0.15) is 0 Å². The van der Waals surface area contributed by atoms with E-state index in [-0.39, 0.29) is 0 Å². The van der Waals surface area contributed by atoms with Crippen molar-refractivity contribution in [3.63, 3.8) is 0 Å². The van der Waals surface area contributed by atoms with Crippen LogP contribution in [0, 0.1) is 11.3 Å². The normalized spacial score (nSPS) is 11.2. The van der Waals surface area contributed by atoms with Gasteiger partial charge in [0.25, 0.3) is 0 Å². The zero-order chi connectivity index (χ0) is 20.4. The van der Waals surface area contributed by atoms with E-state index in [1.807, 2.05) is 30.3 Å². The number of rotatable bonds is 3. The zero-order valence-electron chi connectivity index (χ0n) is 14.9. The lowest BCUT2D eigenvalue weighted by molar-refractivity contribution is -0.137. The number of alkyl halides is 3. The average molecular weight is 390 g/mol. The van der Waals surface area contributed by atoms with Crippen LogP contribution >= 0.6 is 0 Å². The molecule has 3 aromatic carbocycles. The molecule has 0 atom stereocenters. The fourth-order valence-corrected chi connectivity index (χ4v) is 3.06. The molecule has 0 aliphatic rings. The Labute approximate surface area is 164 Å². The maximum Gasteiger partial charge on any atom is 0.416 e. The highest BCUT2D eigenvalue weighted by molar-refractivity contribution is 5.95. The van der Waals surface area contributed by atoms with Crippen LogP contribution in [0.15, 0.2) is 72.9 Å². The SMILES string of the molecule is N#Cc1ccccc1-c1ccc2c(Nc3ccc(C(F)(F)F)cc3)nncc2c1. The Morgan fingerprint density at radius 3 is 2.41 bits per heavy atom. The van der Waals surface area contributed by atoms with Gasteiger partial charge in [-0.2, -0.15) is 23.5 Å². The molecule has 0 saturated heterocycles. The number of nitrogens with one attached hydrogen (secondary N) is 1. The van der Waals surface area contributed by atoms with Gasteiger partial charge in [0, 0.05) is 16.5 Å². The van der Waals surface area contributed by atoms with Crippen LogP contribution in [-0.2, 0) is 6.18 Å². The average Bonchev–Trinajstić information content (AvgIpc) is 2.73. The van der Waals surface area contributed by atoms with Crippen LogP contribution < -0.4 is 5.32 Å². The largest absolute Gasteiger partial charge is 0.416 e. The molecule has 0 fully saturated rings. The molecule has 0 radical (unpaired) electrons. The van der Waals surface area contributed by atoms with Crippen molar-refractivity contribution in [2.75, 3.05) is 5.32 Å². The highest BCUT2D eigenvalue weighted by Gasteiger charge is 2.29. The van der Waals surface area contributed by atoms with Crippen LogP contribution in [0.3, 0.4) is 0 Å². The van der Waals surface area contributed by atoms with Crippen molar-refractivity contribution < 1.29 is 13.2 Å². The number of anilines is 2. The van der Waals surface area contributed by atoms with Crippen molar-refractivity contribution in [1.82, 2.24) is 10.2 Å². The summed E-state index contributed by atoms with van der Waals surface area (Å²) >= 11 is 0. The van der Waals surface area contributed by atoms with Gasteiger partial charge < -0.3 is 5.32 Å². The fourth-order valence-electron chi connectivity index (χ4n) is 3.06. The van der Waals surface area contributed by atoms with Crippen molar-refractivity contribution in [2.24, 2.45) is 0 Å². The number of fused-ring (bicyclic) bond motifs is 1. The minimum Gasteiger partial charge on any atom is -0.338 e. The highest BCUT2D eigenvalue weighted by atomic mass is 19.4. The van der Waals surface area contributed by atoms with Gasteiger partial charge >= 0.3 is 6.18 Å². The van der Waals surface area contributed by atoms with Crippen LogP contribution in [-0.4, -0.2) is 10.2 Å². The van der Waals surface area contributed by atoms with Crippen LogP contribution in [0.25, 0.3) is 21.9 Å². The zero-order valence-corrected chi connectivity index (χ0v) is 14.9. The predicted molar refractivity (Wildman–Crippen MR) is 104 cm³/mol. The maximum absolute atomic E-state index is 12.7. The van der Waals surface area contributed by atoms with E-state index in [4.69, 9.17) is 0 Å². The second-order valence-corrected chi connectivity index (χ2v) is 6.35. The Morgan fingerprint density at radius 2 is 1.69 bits per heavy atom. The quantitative estimate of drug-likeness (QED) is 0.471. The number of benzene rings is 3. The first-order chi connectivity index (χ1) is 14.0. The molecule has 29 heavy (non-hydrogen) atoms. The van der Waals surface area contributed by atoms with Gasteiger partial charge in [0.05, 0.1) is 23.4 Å². The molecule has 0 aliphatic carbocycles. The van der Waals surface area contributed by atoms with E-state index in [9.17, 15) is 18.4 Å². The molecule has 0 saturated carbocycles. The van der Waals surface area contributed by atoms with Crippen molar-refractivity contribution in [1.29, 1.82) is 5.26 Å². The lowest BCUT2D eigenvalue weighted by Crippen LogP contribution is -2.04. The first-order valence-corrected chi connectivity index (χ1v) is 8.65. The van der Waals surface area contributed by atoms with E-state index < -0.39 is 11.7 Å². The second kappa shape index (κ2) is 7.24. The number of aromatic nitrogens is 2. The molecule has 4 rings (SSSR count). The maximum atomic E-state index is 12.7. The van der Waals surface area contributed by atoms with E-state index >= 15 is 0 Å². The molecular weight excluding hydrogens is 377 g/mol. The van der Waals surface area contributed by atoms with Crippen LogP contribution in [0.5, 0.6) is 0 Å². The Hall–Kier alpha value is -3.92. The third-order valence-electron chi connectivity index (χ3n) is 4.49. The summed E-state index contributed by atoms with van der Waals surface area (Å²) in [6.07, 6.45) is -2.78. The molecule has 0 amide bonds. The molecule has 0 unspecified atom stereocenters. The lowest BCUT2D eigenvalue weighted by atomic mass is 9.98. The summed E-state index contributed by atoms with van der Waals surface area (Å²) < 4.78 is 38.2. The molecule has 0 aliphatic heterocycles. The molecule has 4 nitrogen and oxygen atoms in total. The number of hydrogen-bond donors (Lipinski definition) is 1. The number of hydrogen-bond acceptors (Lipinski definition) is 4. The summed E-state index contributed by atoms with van der Waals surface area (Å²) in [5.74, 6) is 0.433. The monoisotopic (exact) mass is 390 g/mol. The Bertz CT molecular complexity index is 1230. The van der Waals surface area contributed by atoms with Crippen molar-refractivity contribution >= 4 is 22.3 Å². The molecule has 0 spiro atoms. The van der Waals surface area contributed by atoms with E-state index in [1.165, 1.54) is 12.1 Å². The van der Waals surface area contributed by atoms with E-state index in [0.717, 1.165) is 34.0 Å². The minimum atomic E-state index is -4.38. The van der Waals surface area contributed by atoms with Crippen LogP contribution in [0.4, 0.5) is 24.7 Å². The van der Waals surface area contributed by atoms with Crippen LogP contribution in [0.1, 0.15) is 11.1 Å². The molecule has 142 valence electrons. The standard InChI is InChI=1S/C22H13F3N4/c23-22(24,25)17-6-8-18(9-7-17)28-21-20-10-5-14(11-16(20)13-27-29-21)19-4-2-1-3-15(19)12-26/h1-11,13H,(H,28,29). The van der Waals surface area contributed by atoms with E-state index in [0.29, 0.717) is 17.1 Å². The molecule has 4 aromatic rings. The van der Waals surface area contributed by atoms with E-state index in [1.54, 1.807) is 18.3 Å². The molecule has 7 heteroatoms. The van der Waals surface area contributed by atoms with Gasteiger partial charge in [-0.25, -0.2) is 0 Å². The molecule has 1 aromatic heterocycles. The van der Waals surface area contributed by atoms with Gasteiger partial charge in [-0.1, -0.05) is 24.3 Å². The van der Waals surface area contributed by atoms with Gasteiger partial charge in [-0.3, -0.25) is 0 Å². The van der Waals surface area contributed by atoms with Gasteiger partial charge in [0.2, 0.25) is 0 Å². The summed E-state index contributed by atoms with van der Waals surface area (Å²) in [5.41, 5.74) is 2.00. The fraction of sp³-hybridized carbons (Fsp3) is 0.0455. The van der Waals surface area contributed by atoms with Gasteiger partial charge in [-0.15, -0.1) is 5.10 Å². The Kier molecular flexibility index (Phi) is 4.61. The molecular formula is C22H13F3N4. The van der Waals surface area contributed by atoms with Gasteiger partial charge in [0.15, 0.2) is 5.82 Å². The summed E-state index contributed by atoms with van der Waals surface area (Å²) in [6.45, 7) is 0. The Balaban J connectivity index is 1.69. The molecule has 1 N–H and O–H groups in total. The number of nitrogens with zero attached hydrogens (tertiary/aromatic N) is 3. The van der Waals surface area contributed by atoms with Crippen molar-refractivity contribution in [2.45, 2.75) is 6.18 Å². The third-order valence-corrected chi connectivity index (χ3v) is 4.49. The number of halogens is 3. The highest BCUT2D eigenvalue weighted by Crippen LogP contribution is 2.32. The van der Waals surface area contributed by atoms with Gasteiger partial charge in [-0.05, 0) is 53.6 Å². The number of nitriles is 1.